The van der Waals surface area contributed by atoms with Crippen molar-refractivity contribution in [3.05, 3.63) is 54.6 Å². The van der Waals surface area contributed by atoms with Crippen molar-refractivity contribution in [3.8, 4) is 11.5 Å². The fourth-order valence-corrected chi connectivity index (χ4v) is 2.90. The van der Waals surface area contributed by atoms with Gasteiger partial charge in [-0.25, -0.2) is 0 Å². The average molecular weight is 345 g/mol. The second kappa shape index (κ2) is 9.88. The van der Waals surface area contributed by atoms with Crippen molar-refractivity contribution in [2.45, 2.75) is 11.3 Å². The molecule has 0 radical (unpaired) electrons. The number of amides is 1. The van der Waals surface area contributed by atoms with Crippen molar-refractivity contribution in [2.75, 3.05) is 33.1 Å². The molecule has 0 aliphatic heterocycles. The summed E-state index contributed by atoms with van der Waals surface area (Å²) in [5.74, 6) is 2.56. The third-order valence-corrected chi connectivity index (χ3v) is 4.52. The Balaban J connectivity index is 1.64. The predicted molar refractivity (Wildman–Crippen MR) is 97.9 cm³/mol. The number of nitrogens with zero attached hydrogens (tertiary/aromatic N) is 1. The van der Waals surface area contributed by atoms with Crippen LogP contribution in [0.1, 0.15) is 6.42 Å². The first-order valence-electron chi connectivity index (χ1n) is 7.87. The van der Waals surface area contributed by atoms with Gasteiger partial charge in [0.2, 0.25) is 5.91 Å². The molecular weight excluding hydrogens is 322 g/mol. The lowest BCUT2D eigenvalue weighted by molar-refractivity contribution is -0.129. The van der Waals surface area contributed by atoms with Gasteiger partial charge in [-0.2, -0.15) is 0 Å². The molecule has 4 nitrogen and oxygen atoms in total. The first-order valence-corrected chi connectivity index (χ1v) is 8.86. The zero-order chi connectivity index (χ0) is 17.2. The summed E-state index contributed by atoms with van der Waals surface area (Å²) in [5, 5.41) is 0. The molecule has 128 valence electrons. The quantitative estimate of drug-likeness (QED) is 0.650. The molecule has 1 amide bonds. The first-order chi connectivity index (χ1) is 11.7. The van der Waals surface area contributed by atoms with Crippen LogP contribution in [0.5, 0.6) is 11.5 Å². The Hall–Kier alpha value is -2.14. The summed E-state index contributed by atoms with van der Waals surface area (Å²) in [7, 11) is 3.47. The second-order valence-electron chi connectivity index (χ2n) is 5.25. The summed E-state index contributed by atoms with van der Waals surface area (Å²) >= 11 is 1.67. The number of likely N-dealkylation sites (N-methyl/N-ethyl adjacent to an activating group) is 1. The Labute approximate surface area is 147 Å². The highest BCUT2D eigenvalue weighted by Gasteiger charge is 2.08. The highest BCUT2D eigenvalue weighted by molar-refractivity contribution is 7.99. The molecule has 2 aromatic rings. The van der Waals surface area contributed by atoms with Gasteiger partial charge in [-0.05, 0) is 36.4 Å². The molecule has 0 spiro atoms. The molecule has 2 aromatic carbocycles. The minimum Gasteiger partial charge on any atom is -0.497 e. The van der Waals surface area contributed by atoms with Crippen molar-refractivity contribution >= 4 is 17.7 Å². The zero-order valence-electron chi connectivity index (χ0n) is 14.1. The largest absolute Gasteiger partial charge is 0.497 e. The van der Waals surface area contributed by atoms with E-state index in [1.807, 2.05) is 61.6 Å². The number of rotatable bonds is 9. The van der Waals surface area contributed by atoms with Gasteiger partial charge < -0.3 is 14.4 Å². The number of thioether (sulfide) groups is 1. The van der Waals surface area contributed by atoms with Crippen LogP contribution in [0.4, 0.5) is 0 Å². The number of methoxy groups -OCH3 is 1. The summed E-state index contributed by atoms with van der Waals surface area (Å²) in [6, 6.07) is 17.5. The van der Waals surface area contributed by atoms with Crippen molar-refractivity contribution in [1.29, 1.82) is 0 Å². The van der Waals surface area contributed by atoms with Gasteiger partial charge in [-0.1, -0.05) is 18.2 Å². The van der Waals surface area contributed by atoms with E-state index < -0.39 is 0 Å². The molecule has 2 rings (SSSR count). The van der Waals surface area contributed by atoms with Crippen LogP contribution < -0.4 is 9.47 Å². The van der Waals surface area contributed by atoms with Gasteiger partial charge in [-0.3, -0.25) is 4.79 Å². The van der Waals surface area contributed by atoms with Crippen molar-refractivity contribution in [1.82, 2.24) is 4.90 Å². The third kappa shape index (κ3) is 6.16. The van der Waals surface area contributed by atoms with Crippen LogP contribution in [-0.4, -0.2) is 43.9 Å². The Morgan fingerprint density at radius 2 is 1.75 bits per heavy atom. The van der Waals surface area contributed by atoms with E-state index in [1.54, 1.807) is 23.8 Å². The molecule has 24 heavy (non-hydrogen) atoms. The maximum absolute atomic E-state index is 12.1. The Morgan fingerprint density at radius 1 is 1.04 bits per heavy atom. The summed E-state index contributed by atoms with van der Waals surface area (Å²) in [6.07, 6.45) is 0.512. The number of para-hydroxylation sites is 1. The van der Waals surface area contributed by atoms with E-state index in [0.717, 1.165) is 22.1 Å². The molecule has 0 unspecified atom stereocenters. The molecule has 0 aromatic heterocycles. The lowest BCUT2D eigenvalue weighted by Gasteiger charge is -2.17. The van der Waals surface area contributed by atoms with Crippen molar-refractivity contribution in [2.24, 2.45) is 0 Å². The predicted octanol–water partition coefficient (Wildman–Crippen LogP) is 3.71. The van der Waals surface area contributed by atoms with Crippen molar-refractivity contribution in [3.63, 3.8) is 0 Å². The normalized spacial score (nSPS) is 10.2. The molecule has 0 heterocycles. The van der Waals surface area contributed by atoms with E-state index >= 15 is 0 Å². The second-order valence-corrected chi connectivity index (χ2v) is 6.42. The topological polar surface area (TPSA) is 38.8 Å². The number of benzene rings is 2. The van der Waals surface area contributed by atoms with E-state index in [0.29, 0.717) is 19.6 Å². The molecule has 0 bridgehead atoms. The molecule has 0 aliphatic rings. The minimum absolute atomic E-state index is 0.132. The smallest absolute Gasteiger partial charge is 0.223 e. The van der Waals surface area contributed by atoms with Crippen LogP contribution in [0.2, 0.25) is 0 Å². The Morgan fingerprint density at radius 3 is 2.42 bits per heavy atom. The molecule has 0 N–H and O–H groups in total. The molecular formula is C19H23NO3S. The molecule has 0 atom stereocenters. The third-order valence-electron chi connectivity index (χ3n) is 3.51. The van der Waals surface area contributed by atoms with Gasteiger partial charge in [0.05, 0.1) is 13.7 Å². The van der Waals surface area contributed by atoms with E-state index in [9.17, 15) is 4.79 Å². The van der Waals surface area contributed by atoms with E-state index in [4.69, 9.17) is 9.47 Å². The minimum atomic E-state index is 0.132. The fourth-order valence-electron chi connectivity index (χ4n) is 2.06. The monoisotopic (exact) mass is 345 g/mol. The van der Waals surface area contributed by atoms with Gasteiger partial charge >= 0.3 is 0 Å². The average Bonchev–Trinajstić information content (AvgIpc) is 2.63. The number of hydrogen-bond acceptors (Lipinski definition) is 4. The van der Waals surface area contributed by atoms with Gasteiger partial charge in [0.1, 0.15) is 18.1 Å². The van der Waals surface area contributed by atoms with Gasteiger partial charge in [0, 0.05) is 24.1 Å². The van der Waals surface area contributed by atoms with Gasteiger partial charge in [0.15, 0.2) is 0 Å². The summed E-state index contributed by atoms with van der Waals surface area (Å²) in [5.41, 5.74) is 0. The lowest BCUT2D eigenvalue weighted by atomic mass is 10.3. The first kappa shape index (κ1) is 18.2. The SMILES string of the molecule is COc1ccc(SCCC(=O)N(C)CCOc2ccccc2)cc1. The summed E-state index contributed by atoms with van der Waals surface area (Å²) in [6.45, 7) is 1.08. The van der Waals surface area contributed by atoms with Crippen LogP contribution in [-0.2, 0) is 4.79 Å². The Bertz CT molecular complexity index is 616. The molecule has 0 saturated heterocycles. The van der Waals surface area contributed by atoms with Crippen molar-refractivity contribution < 1.29 is 14.3 Å². The standard InChI is InChI=1S/C19H23NO3S/c1-20(13-14-23-17-6-4-3-5-7-17)19(21)12-15-24-18-10-8-16(22-2)9-11-18/h3-11H,12-15H2,1-2H3. The molecule has 5 heteroatoms. The number of carbonyl (C=O) groups excluding carboxylic acids is 1. The lowest BCUT2D eigenvalue weighted by Crippen LogP contribution is -2.31. The van der Waals surface area contributed by atoms with E-state index in [2.05, 4.69) is 0 Å². The molecule has 0 aliphatic carbocycles. The van der Waals surface area contributed by atoms with Gasteiger partial charge in [-0.15, -0.1) is 11.8 Å². The summed E-state index contributed by atoms with van der Waals surface area (Å²) in [4.78, 5) is 15.0. The van der Waals surface area contributed by atoms with E-state index in [1.165, 1.54) is 0 Å². The van der Waals surface area contributed by atoms with Crippen LogP contribution in [0.25, 0.3) is 0 Å². The van der Waals surface area contributed by atoms with Crippen LogP contribution in [0, 0.1) is 0 Å². The van der Waals surface area contributed by atoms with Gasteiger partial charge in [0.25, 0.3) is 0 Å². The highest BCUT2D eigenvalue weighted by Crippen LogP contribution is 2.22. The zero-order valence-corrected chi connectivity index (χ0v) is 14.9. The maximum Gasteiger partial charge on any atom is 0.223 e. The fraction of sp³-hybridized carbons (Fsp3) is 0.316. The Kier molecular flexibility index (Phi) is 7.49. The number of carbonyl (C=O) groups is 1. The number of ether oxygens (including phenoxy) is 2. The highest BCUT2D eigenvalue weighted by atomic mass is 32.2. The van der Waals surface area contributed by atoms with Crippen LogP contribution in [0.15, 0.2) is 59.5 Å². The van der Waals surface area contributed by atoms with Crippen LogP contribution >= 0.6 is 11.8 Å². The molecule has 0 fully saturated rings. The van der Waals surface area contributed by atoms with Crippen LogP contribution in [0.3, 0.4) is 0 Å². The summed E-state index contributed by atoms with van der Waals surface area (Å²) < 4.78 is 10.7. The maximum atomic E-state index is 12.1. The molecule has 0 saturated carbocycles. The number of hydrogen-bond donors (Lipinski definition) is 0. The van der Waals surface area contributed by atoms with E-state index in [-0.39, 0.29) is 5.91 Å².